The van der Waals surface area contributed by atoms with Crippen molar-refractivity contribution in [1.82, 2.24) is 5.32 Å². The molecule has 1 aromatic carbocycles. The number of nitrogens with one attached hydrogen (secondary N) is 1. The number of carbonyl (C=O) groups is 1. The van der Waals surface area contributed by atoms with Crippen LogP contribution >= 0.6 is 0 Å². The van der Waals surface area contributed by atoms with Gasteiger partial charge in [0.2, 0.25) is 0 Å². The molecule has 1 saturated heterocycles. The lowest BCUT2D eigenvalue weighted by Crippen LogP contribution is -2.29. The highest BCUT2D eigenvalue weighted by Gasteiger charge is 2.39. The first-order valence-corrected chi connectivity index (χ1v) is 7.07. The summed E-state index contributed by atoms with van der Waals surface area (Å²) < 4.78 is 0. The lowest BCUT2D eigenvalue weighted by molar-refractivity contribution is 0.0963. The number of aryl methyl sites for hydroxylation is 1. The molecule has 2 fully saturated rings. The second-order valence-corrected chi connectivity index (χ2v) is 5.87. The molecule has 18 heavy (non-hydrogen) atoms. The lowest BCUT2D eigenvalue weighted by Gasteiger charge is -2.17. The van der Waals surface area contributed by atoms with Crippen molar-refractivity contribution in [2.75, 3.05) is 6.54 Å². The quantitative estimate of drug-likeness (QED) is 0.827. The smallest absolute Gasteiger partial charge is 0.164 e. The number of Topliss-reactive ketones (excluding diaryl/α,β-unsaturated/α-hetero) is 1. The third-order valence-electron chi connectivity index (χ3n) is 4.62. The van der Waals surface area contributed by atoms with E-state index in [9.17, 15) is 4.79 Å². The van der Waals surface area contributed by atoms with E-state index >= 15 is 0 Å². The molecule has 0 bridgehead atoms. The van der Waals surface area contributed by atoms with Gasteiger partial charge in [-0.1, -0.05) is 30.2 Å². The van der Waals surface area contributed by atoms with Gasteiger partial charge in [0.1, 0.15) is 0 Å². The maximum Gasteiger partial charge on any atom is 0.164 e. The van der Waals surface area contributed by atoms with E-state index in [1.54, 1.807) is 0 Å². The van der Waals surface area contributed by atoms with Crippen LogP contribution in [0.5, 0.6) is 0 Å². The fourth-order valence-electron chi connectivity index (χ4n) is 3.66. The summed E-state index contributed by atoms with van der Waals surface area (Å²) >= 11 is 0. The summed E-state index contributed by atoms with van der Waals surface area (Å²) in [6.45, 7) is 3.16. The maximum absolute atomic E-state index is 12.3. The average Bonchev–Trinajstić information content (AvgIpc) is 2.94. The van der Waals surface area contributed by atoms with Gasteiger partial charge >= 0.3 is 0 Å². The Morgan fingerprint density at radius 1 is 1.39 bits per heavy atom. The Balaban J connectivity index is 1.68. The molecule has 3 rings (SSSR count). The first-order chi connectivity index (χ1) is 8.74. The SMILES string of the molecule is Cc1cccc(C(=O)CC2NCC3CCCC32)c1. The predicted octanol–water partition coefficient (Wildman–Crippen LogP) is 2.96. The molecule has 2 heteroatoms. The number of fused-ring (bicyclic) bond motifs is 1. The van der Waals surface area contributed by atoms with Crippen molar-refractivity contribution < 1.29 is 4.79 Å². The van der Waals surface area contributed by atoms with E-state index in [1.807, 2.05) is 31.2 Å². The van der Waals surface area contributed by atoms with Crippen molar-refractivity contribution in [3.05, 3.63) is 35.4 Å². The largest absolute Gasteiger partial charge is 0.313 e. The van der Waals surface area contributed by atoms with Gasteiger partial charge in [-0.3, -0.25) is 4.79 Å². The van der Waals surface area contributed by atoms with Crippen LogP contribution in [0.15, 0.2) is 24.3 Å². The minimum atomic E-state index is 0.295. The second-order valence-electron chi connectivity index (χ2n) is 5.87. The Labute approximate surface area is 109 Å². The van der Waals surface area contributed by atoms with Crippen LogP contribution in [0, 0.1) is 18.8 Å². The zero-order chi connectivity index (χ0) is 12.5. The molecule has 1 saturated carbocycles. The van der Waals surface area contributed by atoms with Gasteiger partial charge in [0.25, 0.3) is 0 Å². The van der Waals surface area contributed by atoms with Gasteiger partial charge in [0.05, 0.1) is 0 Å². The third kappa shape index (κ3) is 2.22. The molecule has 3 atom stereocenters. The molecule has 1 heterocycles. The van der Waals surface area contributed by atoms with Gasteiger partial charge in [0.15, 0.2) is 5.78 Å². The molecular formula is C16H21NO. The average molecular weight is 243 g/mol. The van der Waals surface area contributed by atoms with Crippen LogP contribution in [0.1, 0.15) is 41.6 Å². The van der Waals surface area contributed by atoms with Crippen molar-refractivity contribution in [2.45, 2.75) is 38.6 Å². The van der Waals surface area contributed by atoms with Crippen LogP contribution in [0.25, 0.3) is 0 Å². The summed E-state index contributed by atoms with van der Waals surface area (Å²) in [7, 11) is 0. The first-order valence-electron chi connectivity index (χ1n) is 7.07. The van der Waals surface area contributed by atoms with Gasteiger partial charge < -0.3 is 5.32 Å². The van der Waals surface area contributed by atoms with Gasteiger partial charge in [-0.25, -0.2) is 0 Å². The van der Waals surface area contributed by atoms with E-state index in [0.717, 1.165) is 23.9 Å². The summed E-state index contributed by atoms with van der Waals surface area (Å²) in [5.74, 6) is 1.88. The van der Waals surface area contributed by atoms with Crippen molar-refractivity contribution in [3.63, 3.8) is 0 Å². The van der Waals surface area contributed by atoms with Crippen LogP contribution in [0.4, 0.5) is 0 Å². The van der Waals surface area contributed by atoms with Gasteiger partial charge in [-0.15, -0.1) is 0 Å². The molecule has 96 valence electrons. The molecule has 0 radical (unpaired) electrons. The van der Waals surface area contributed by atoms with Crippen LogP contribution < -0.4 is 5.32 Å². The maximum atomic E-state index is 12.3. The van der Waals surface area contributed by atoms with Gasteiger partial charge in [-0.2, -0.15) is 0 Å². The monoisotopic (exact) mass is 243 g/mol. The van der Waals surface area contributed by atoms with Crippen molar-refractivity contribution in [3.8, 4) is 0 Å². The summed E-state index contributed by atoms with van der Waals surface area (Å²) in [5, 5.41) is 3.55. The van der Waals surface area contributed by atoms with E-state index in [2.05, 4.69) is 5.32 Å². The van der Waals surface area contributed by atoms with E-state index in [4.69, 9.17) is 0 Å². The number of benzene rings is 1. The predicted molar refractivity (Wildman–Crippen MR) is 72.7 cm³/mol. The zero-order valence-electron chi connectivity index (χ0n) is 11.0. The Kier molecular flexibility index (Phi) is 3.21. The van der Waals surface area contributed by atoms with Crippen molar-refractivity contribution in [2.24, 2.45) is 11.8 Å². The van der Waals surface area contributed by atoms with Crippen LogP contribution in [0.3, 0.4) is 0 Å². The summed E-state index contributed by atoms with van der Waals surface area (Å²) in [6, 6.07) is 8.38. The van der Waals surface area contributed by atoms with E-state index < -0.39 is 0 Å². The normalized spacial score (nSPS) is 30.4. The molecule has 1 aliphatic heterocycles. The molecule has 0 spiro atoms. The highest BCUT2D eigenvalue weighted by molar-refractivity contribution is 5.96. The first kappa shape index (κ1) is 11.9. The van der Waals surface area contributed by atoms with Crippen LogP contribution in [-0.2, 0) is 0 Å². The Bertz CT molecular complexity index is 454. The molecule has 0 amide bonds. The number of hydrogen-bond acceptors (Lipinski definition) is 2. The topological polar surface area (TPSA) is 29.1 Å². The lowest BCUT2D eigenvalue weighted by atomic mass is 9.90. The zero-order valence-corrected chi connectivity index (χ0v) is 11.0. The molecule has 1 aliphatic carbocycles. The van der Waals surface area contributed by atoms with Crippen molar-refractivity contribution in [1.29, 1.82) is 0 Å². The van der Waals surface area contributed by atoms with E-state index in [-0.39, 0.29) is 0 Å². The summed E-state index contributed by atoms with van der Waals surface area (Å²) in [4.78, 5) is 12.3. The number of hydrogen-bond donors (Lipinski definition) is 1. The van der Waals surface area contributed by atoms with Crippen LogP contribution in [-0.4, -0.2) is 18.4 Å². The summed E-state index contributed by atoms with van der Waals surface area (Å²) in [6.07, 6.45) is 4.69. The molecule has 1 N–H and O–H groups in total. The molecule has 1 aromatic rings. The third-order valence-corrected chi connectivity index (χ3v) is 4.62. The molecule has 0 aromatic heterocycles. The van der Waals surface area contributed by atoms with E-state index in [0.29, 0.717) is 18.2 Å². The van der Waals surface area contributed by atoms with Crippen molar-refractivity contribution >= 4 is 5.78 Å². The van der Waals surface area contributed by atoms with Crippen LogP contribution in [0.2, 0.25) is 0 Å². The fraction of sp³-hybridized carbons (Fsp3) is 0.562. The highest BCUT2D eigenvalue weighted by Crippen LogP contribution is 2.38. The Morgan fingerprint density at radius 2 is 2.28 bits per heavy atom. The molecule has 2 aliphatic rings. The highest BCUT2D eigenvalue weighted by atomic mass is 16.1. The minimum Gasteiger partial charge on any atom is -0.313 e. The van der Waals surface area contributed by atoms with E-state index in [1.165, 1.54) is 24.8 Å². The second kappa shape index (κ2) is 4.85. The van der Waals surface area contributed by atoms with Gasteiger partial charge in [-0.05, 0) is 44.2 Å². The standard InChI is InChI=1S/C16H21NO/c1-11-4-2-5-12(8-11)16(18)9-15-14-7-3-6-13(14)10-17-15/h2,4-5,8,13-15,17H,3,6-7,9-10H2,1H3. The number of rotatable bonds is 3. The fourth-order valence-corrected chi connectivity index (χ4v) is 3.66. The molecular weight excluding hydrogens is 222 g/mol. The molecule has 3 unspecified atom stereocenters. The number of carbonyl (C=O) groups excluding carboxylic acids is 1. The Morgan fingerprint density at radius 3 is 3.11 bits per heavy atom. The summed E-state index contributed by atoms with van der Waals surface area (Å²) in [5.41, 5.74) is 2.04. The number of ketones is 1. The molecule has 2 nitrogen and oxygen atoms in total. The minimum absolute atomic E-state index is 0.295. The van der Waals surface area contributed by atoms with Gasteiger partial charge in [0, 0.05) is 18.0 Å². The Hall–Kier alpha value is -1.15.